The van der Waals surface area contributed by atoms with Crippen molar-refractivity contribution in [1.29, 1.82) is 0 Å². The number of ether oxygens (including phenoxy) is 2. The summed E-state index contributed by atoms with van der Waals surface area (Å²) in [5, 5.41) is 3.29. The molecule has 5 nitrogen and oxygen atoms in total. The SMILES string of the molecule is O=C(Nc1ccc(N2CCOCC2)c(Cl)c1)OCc1ccccc1. The number of morpholine rings is 1. The summed E-state index contributed by atoms with van der Waals surface area (Å²) in [5.74, 6) is 0. The second-order valence-corrected chi connectivity index (χ2v) is 5.86. The molecular weight excluding hydrogens is 328 g/mol. The molecule has 1 heterocycles. The van der Waals surface area contributed by atoms with Crippen molar-refractivity contribution in [2.24, 2.45) is 0 Å². The smallest absolute Gasteiger partial charge is 0.411 e. The first-order chi connectivity index (χ1) is 11.7. The first kappa shape index (κ1) is 16.6. The minimum absolute atomic E-state index is 0.228. The van der Waals surface area contributed by atoms with E-state index in [1.807, 2.05) is 42.5 Å². The zero-order valence-corrected chi connectivity index (χ0v) is 14.0. The number of halogens is 1. The van der Waals surface area contributed by atoms with E-state index in [9.17, 15) is 4.79 Å². The Morgan fingerprint density at radius 3 is 2.62 bits per heavy atom. The number of hydrogen-bond donors (Lipinski definition) is 1. The van der Waals surface area contributed by atoms with Crippen LogP contribution in [-0.2, 0) is 16.1 Å². The predicted molar refractivity (Wildman–Crippen MR) is 94.7 cm³/mol. The van der Waals surface area contributed by atoms with Crippen molar-refractivity contribution in [1.82, 2.24) is 0 Å². The van der Waals surface area contributed by atoms with E-state index in [2.05, 4.69) is 10.2 Å². The molecule has 0 aliphatic carbocycles. The van der Waals surface area contributed by atoms with Crippen molar-refractivity contribution in [2.45, 2.75) is 6.61 Å². The van der Waals surface area contributed by atoms with E-state index in [0.29, 0.717) is 23.9 Å². The second-order valence-electron chi connectivity index (χ2n) is 5.45. The average Bonchev–Trinajstić information content (AvgIpc) is 2.62. The molecule has 2 aromatic rings. The first-order valence-corrected chi connectivity index (χ1v) is 8.20. The number of hydrogen-bond acceptors (Lipinski definition) is 4. The van der Waals surface area contributed by atoms with Gasteiger partial charge in [-0.2, -0.15) is 0 Å². The predicted octanol–water partition coefficient (Wildman–Crippen LogP) is 3.93. The fourth-order valence-electron chi connectivity index (χ4n) is 2.52. The number of anilines is 2. The van der Waals surface area contributed by atoms with Gasteiger partial charge in [-0.3, -0.25) is 5.32 Å². The molecule has 3 rings (SSSR count). The van der Waals surface area contributed by atoms with Crippen LogP contribution in [0.1, 0.15) is 5.56 Å². The minimum atomic E-state index is -0.506. The van der Waals surface area contributed by atoms with E-state index in [1.54, 1.807) is 6.07 Å². The molecule has 1 aliphatic rings. The molecular formula is C18H19ClN2O3. The van der Waals surface area contributed by atoms with Crippen molar-refractivity contribution in [3.8, 4) is 0 Å². The number of carbonyl (C=O) groups excluding carboxylic acids is 1. The number of amides is 1. The van der Waals surface area contributed by atoms with Crippen LogP contribution in [0.4, 0.5) is 16.2 Å². The third kappa shape index (κ3) is 4.40. The molecule has 126 valence electrons. The Balaban J connectivity index is 1.57. The fraction of sp³-hybridized carbons (Fsp3) is 0.278. The van der Waals surface area contributed by atoms with Crippen LogP contribution in [0.5, 0.6) is 0 Å². The highest BCUT2D eigenvalue weighted by Crippen LogP contribution is 2.29. The highest BCUT2D eigenvalue weighted by molar-refractivity contribution is 6.33. The van der Waals surface area contributed by atoms with Gasteiger partial charge in [-0.1, -0.05) is 41.9 Å². The Morgan fingerprint density at radius 2 is 1.92 bits per heavy atom. The van der Waals surface area contributed by atoms with Crippen LogP contribution in [0.2, 0.25) is 5.02 Å². The summed E-state index contributed by atoms with van der Waals surface area (Å²) in [6.07, 6.45) is -0.506. The van der Waals surface area contributed by atoms with Gasteiger partial charge in [-0.05, 0) is 23.8 Å². The van der Waals surface area contributed by atoms with Gasteiger partial charge in [0, 0.05) is 18.8 Å². The lowest BCUT2D eigenvalue weighted by Crippen LogP contribution is -2.36. The van der Waals surface area contributed by atoms with E-state index in [-0.39, 0.29) is 6.61 Å². The zero-order chi connectivity index (χ0) is 16.8. The summed E-state index contributed by atoms with van der Waals surface area (Å²) in [4.78, 5) is 14.1. The maximum absolute atomic E-state index is 11.9. The molecule has 0 radical (unpaired) electrons. The van der Waals surface area contributed by atoms with Crippen molar-refractivity contribution in [2.75, 3.05) is 36.5 Å². The highest BCUT2D eigenvalue weighted by Gasteiger charge is 2.15. The van der Waals surface area contributed by atoms with Crippen LogP contribution < -0.4 is 10.2 Å². The molecule has 24 heavy (non-hydrogen) atoms. The molecule has 6 heteroatoms. The van der Waals surface area contributed by atoms with Crippen LogP contribution in [0, 0.1) is 0 Å². The molecule has 1 N–H and O–H groups in total. The Kier molecular flexibility index (Phi) is 5.56. The van der Waals surface area contributed by atoms with Gasteiger partial charge < -0.3 is 14.4 Å². The Morgan fingerprint density at radius 1 is 1.17 bits per heavy atom. The van der Waals surface area contributed by atoms with Gasteiger partial charge >= 0.3 is 6.09 Å². The molecule has 0 unspecified atom stereocenters. The van der Waals surface area contributed by atoms with Gasteiger partial charge in [0.15, 0.2) is 0 Å². The number of nitrogens with zero attached hydrogens (tertiary/aromatic N) is 1. The lowest BCUT2D eigenvalue weighted by Gasteiger charge is -2.29. The summed E-state index contributed by atoms with van der Waals surface area (Å²) in [6.45, 7) is 3.24. The standard InChI is InChI=1S/C18H19ClN2O3/c19-16-12-15(6-7-17(16)21-8-10-23-11-9-21)20-18(22)24-13-14-4-2-1-3-5-14/h1-7,12H,8-11,13H2,(H,20,22). The minimum Gasteiger partial charge on any atom is -0.444 e. The number of benzene rings is 2. The topological polar surface area (TPSA) is 50.8 Å². The van der Waals surface area contributed by atoms with Gasteiger partial charge in [0.25, 0.3) is 0 Å². The maximum Gasteiger partial charge on any atom is 0.411 e. The molecule has 1 amide bonds. The first-order valence-electron chi connectivity index (χ1n) is 7.82. The number of nitrogens with one attached hydrogen (secondary N) is 1. The lowest BCUT2D eigenvalue weighted by molar-refractivity contribution is 0.122. The van der Waals surface area contributed by atoms with E-state index < -0.39 is 6.09 Å². The Labute approximate surface area is 146 Å². The summed E-state index contributed by atoms with van der Waals surface area (Å²) >= 11 is 6.34. The summed E-state index contributed by atoms with van der Waals surface area (Å²) < 4.78 is 10.5. The van der Waals surface area contributed by atoms with E-state index >= 15 is 0 Å². The fourth-order valence-corrected chi connectivity index (χ4v) is 2.82. The number of carbonyl (C=O) groups is 1. The summed E-state index contributed by atoms with van der Waals surface area (Å²) in [6, 6.07) is 15.0. The molecule has 1 saturated heterocycles. The van der Waals surface area contributed by atoms with Crippen molar-refractivity contribution in [3.05, 3.63) is 59.1 Å². The summed E-state index contributed by atoms with van der Waals surface area (Å²) in [5.41, 5.74) is 2.49. The molecule has 2 aromatic carbocycles. The molecule has 0 aromatic heterocycles. The summed E-state index contributed by atoms with van der Waals surface area (Å²) in [7, 11) is 0. The van der Waals surface area contributed by atoms with Gasteiger partial charge in [0.05, 0.1) is 23.9 Å². The normalized spacial score (nSPS) is 14.3. The largest absolute Gasteiger partial charge is 0.444 e. The van der Waals surface area contributed by atoms with Crippen molar-refractivity contribution >= 4 is 29.1 Å². The monoisotopic (exact) mass is 346 g/mol. The zero-order valence-electron chi connectivity index (χ0n) is 13.2. The van der Waals surface area contributed by atoms with Crippen LogP contribution in [0.3, 0.4) is 0 Å². The van der Waals surface area contributed by atoms with Gasteiger partial charge in [-0.15, -0.1) is 0 Å². The second kappa shape index (κ2) is 8.04. The third-order valence-corrected chi connectivity index (χ3v) is 4.06. The van der Waals surface area contributed by atoms with Crippen LogP contribution in [-0.4, -0.2) is 32.4 Å². The van der Waals surface area contributed by atoms with Gasteiger partial charge in [0.1, 0.15) is 6.61 Å². The molecule has 1 fully saturated rings. The Bertz CT molecular complexity index is 688. The average molecular weight is 347 g/mol. The van der Waals surface area contributed by atoms with E-state index in [4.69, 9.17) is 21.1 Å². The van der Waals surface area contributed by atoms with Crippen LogP contribution in [0.15, 0.2) is 48.5 Å². The maximum atomic E-state index is 11.9. The van der Waals surface area contributed by atoms with E-state index in [0.717, 1.165) is 24.3 Å². The lowest BCUT2D eigenvalue weighted by atomic mass is 10.2. The van der Waals surface area contributed by atoms with Gasteiger partial charge in [0.2, 0.25) is 0 Å². The van der Waals surface area contributed by atoms with Crippen LogP contribution >= 0.6 is 11.6 Å². The van der Waals surface area contributed by atoms with E-state index in [1.165, 1.54) is 0 Å². The molecule has 1 aliphatic heterocycles. The Hall–Kier alpha value is -2.24. The van der Waals surface area contributed by atoms with Crippen molar-refractivity contribution < 1.29 is 14.3 Å². The molecule has 0 atom stereocenters. The highest BCUT2D eigenvalue weighted by atomic mass is 35.5. The quantitative estimate of drug-likeness (QED) is 0.911. The van der Waals surface area contributed by atoms with Crippen LogP contribution in [0.25, 0.3) is 0 Å². The number of rotatable bonds is 4. The van der Waals surface area contributed by atoms with Crippen molar-refractivity contribution in [3.63, 3.8) is 0 Å². The van der Waals surface area contributed by atoms with Gasteiger partial charge in [-0.25, -0.2) is 4.79 Å². The molecule has 0 spiro atoms. The molecule has 0 bridgehead atoms. The third-order valence-electron chi connectivity index (χ3n) is 3.76. The molecule has 0 saturated carbocycles.